The molecule has 268 valence electrons. The summed E-state index contributed by atoms with van der Waals surface area (Å²) in [4.78, 5) is 4.63. The summed E-state index contributed by atoms with van der Waals surface area (Å²) in [6.45, 7) is 0. The molecule has 11 aromatic rings. The van der Waals surface area contributed by atoms with Gasteiger partial charge >= 0.3 is 0 Å². The van der Waals surface area contributed by atoms with E-state index in [4.69, 9.17) is 11.6 Å². The van der Waals surface area contributed by atoms with E-state index in [2.05, 4.69) is 222 Å². The van der Waals surface area contributed by atoms with Crippen molar-refractivity contribution in [3.8, 4) is 0 Å². The predicted octanol–water partition coefficient (Wildman–Crippen LogP) is 16.2. The molecule has 0 unspecified atom stereocenters. The third-order valence-corrected chi connectivity index (χ3v) is 11.8. The van der Waals surface area contributed by atoms with E-state index >= 15 is 0 Å². The van der Waals surface area contributed by atoms with Crippen molar-refractivity contribution in [3.63, 3.8) is 0 Å². The molecular formula is C54H35ClN2. The van der Waals surface area contributed by atoms with E-state index in [0.717, 1.165) is 34.1 Å². The van der Waals surface area contributed by atoms with E-state index in [1.54, 1.807) is 0 Å². The Labute approximate surface area is 336 Å². The molecule has 0 radical (unpaired) electrons. The van der Waals surface area contributed by atoms with Crippen molar-refractivity contribution in [2.24, 2.45) is 0 Å². The number of benzene rings is 11. The summed E-state index contributed by atoms with van der Waals surface area (Å²) in [5.41, 5.74) is 5.92. The monoisotopic (exact) mass is 746 g/mol. The Morgan fingerprint density at radius 3 is 1.12 bits per heavy atom. The molecule has 0 saturated carbocycles. The van der Waals surface area contributed by atoms with E-state index in [0.29, 0.717) is 5.02 Å². The summed E-state index contributed by atoms with van der Waals surface area (Å²) in [7, 11) is 0. The molecule has 3 heteroatoms. The summed E-state index contributed by atoms with van der Waals surface area (Å²) < 4.78 is 0. The Hall–Kier alpha value is -7.13. The van der Waals surface area contributed by atoms with Gasteiger partial charge in [-0.25, -0.2) is 0 Å². The van der Waals surface area contributed by atoms with Crippen molar-refractivity contribution in [1.29, 1.82) is 0 Å². The Morgan fingerprint density at radius 1 is 0.246 bits per heavy atom. The van der Waals surface area contributed by atoms with Gasteiger partial charge in [-0.2, -0.15) is 0 Å². The van der Waals surface area contributed by atoms with Gasteiger partial charge in [0.2, 0.25) is 0 Å². The highest BCUT2D eigenvalue weighted by Gasteiger charge is 2.25. The van der Waals surface area contributed by atoms with Gasteiger partial charge in [-0.05, 0) is 114 Å². The van der Waals surface area contributed by atoms with E-state index in [-0.39, 0.29) is 0 Å². The van der Waals surface area contributed by atoms with Gasteiger partial charge in [0, 0.05) is 22.4 Å². The maximum atomic E-state index is 7.87. The largest absolute Gasteiger partial charge is 0.309 e. The first-order valence-electron chi connectivity index (χ1n) is 19.4. The minimum atomic E-state index is 0.649. The van der Waals surface area contributed by atoms with Gasteiger partial charge in [-0.3, -0.25) is 0 Å². The number of anilines is 6. The first-order valence-corrected chi connectivity index (χ1v) is 19.8. The van der Waals surface area contributed by atoms with Gasteiger partial charge in [0.05, 0.1) is 22.1 Å². The minimum Gasteiger partial charge on any atom is -0.309 e. The van der Waals surface area contributed by atoms with Crippen molar-refractivity contribution in [3.05, 3.63) is 217 Å². The highest BCUT2D eigenvalue weighted by Crippen LogP contribution is 2.50. The molecule has 0 heterocycles. The topological polar surface area (TPSA) is 6.48 Å². The van der Waals surface area contributed by atoms with Crippen LogP contribution in [0.1, 0.15) is 0 Å². The van der Waals surface area contributed by atoms with Crippen LogP contribution in [0.4, 0.5) is 34.1 Å². The number of fused-ring (bicyclic) bond motifs is 12. The minimum absolute atomic E-state index is 0.649. The van der Waals surface area contributed by atoms with Crippen molar-refractivity contribution in [2.45, 2.75) is 0 Å². The van der Waals surface area contributed by atoms with E-state index in [1.807, 2.05) is 0 Å². The van der Waals surface area contributed by atoms with Crippen LogP contribution in [0.5, 0.6) is 0 Å². The average molecular weight is 747 g/mol. The maximum Gasteiger partial charge on any atom is 0.0887 e. The zero-order chi connectivity index (χ0) is 37.9. The first-order chi connectivity index (χ1) is 28.2. The second kappa shape index (κ2) is 13.6. The number of hydrogen-bond donors (Lipinski definition) is 0. The Balaban J connectivity index is 1.18. The standard InChI is InChI=1S/C54H35ClN2/c55-54-51(56(36-17-3-1-4-18-36)38-33-34-46-41-23-8-7-21-39(41)40-22-10-12-27-45(40)49(46)35-38)31-16-32-52(54)57(37-19-5-2-6-20-37)50-30-15-29-48-44-25-11-9-24-42(44)43-26-13-14-28-47(43)53(48)50/h1-35H. The fourth-order valence-corrected chi connectivity index (χ4v) is 9.30. The van der Waals surface area contributed by atoms with Crippen LogP contribution in [0.2, 0.25) is 5.02 Å². The lowest BCUT2D eigenvalue weighted by Crippen LogP contribution is -2.14. The van der Waals surface area contributed by atoms with E-state index in [9.17, 15) is 0 Å². The molecule has 0 aromatic heterocycles. The van der Waals surface area contributed by atoms with Crippen LogP contribution in [0.25, 0.3) is 64.6 Å². The van der Waals surface area contributed by atoms with Crippen molar-refractivity contribution < 1.29 is 0 Å². The van der Waals surface area contributed by atoms with Gasteiger partial charge in [0.15, 0.2) is 0 Å². The Morgan fingerprint density at radius 2 is 0.596 bits per heavy atom. The molecule has 0 aliphatic heterocycles. The molecule has 0 saturated heterocycles. The van der Waals surface area contributed by atoms with Gasteiger partial charge in [-0.1, -0.05) is 169 Å². The van der Waals surface area contributed by atoms with Gasteiger partial charge in [-0.15, -0.1) is 0 Å². The number of para-hydroxylation sites is 2. The number of hydrogen-bond acceptors (Lipinski definition) is 2. The molecule has 57 heavy (non-hydrogen) atoms. The van der Waals surface area contributed by atoms with Crippen molar-refractivity contribution in [2.75, 3.05) is 9.80 Å². The smallest absolute Gasteiger partial charge is 0.0887 e. The molecule has 11 rings (SSSR count). The highest BCUT2D eigenvalue weighted by molar-refractivity contribution is 6.37. The Kier molecular flexibility index (Phi) is 7.91. The zero-order valence-electron chi connectivity index (χ0n) is 31.0. The lowest BCUT2D eigenvalue weighted by Gasteiger charge is -2.32. The molecule has 0 aliphatic rings. The Bertz CT molecular complexity index is 3240. The van der Waals surface area contributed by atoms with Crippen LogP contribution in [0, 0.1) is 0 Å². The highest BCUT2D eigenvalue weighted by atomic mass is 35.5. The van der Waals surface area contributed by atoms with E-state index < -0.39 is 0 Å². The second-order valence-corrected chi connectivity index (χ2v) is 14.9. The third-order valence-electron chi connectivity index (χ3n) is 11.4. The second-order valence-electron chi connectivity index (χ2n) is 14.6. The fourth-order valence-electron chi connectivity index (χ4n) is 9.00. The van der Waals surface area contributed by atoms with Crippen LogP contribution in [0.3, 0.4) is 0 Å². The SMILES string of the molecule is Clc1c(N(c2ccccc2)c2ccc3c4ccccc4c4ccccc4c3c2)cccc1N(c1ccccc1)c1cccc2c3ccccc3c3ccccc3c12. The molecule has 0 fully saturated rings. The lowest BCUT2D eigenvalue weighted by molar-refractivity contribution is 1.26. The zero-order valence-corrected chi connectivity index (χ0v) is 31.7. The fraction of sp³-hybridized carbons (Fsp3) is 0. The predicted molar refractivity (Wildman–Crippen MR) is 246 cm³/mol. The van der Waals surface area contributed by atoms with E-state index in [1.165, 1.54) is 64.6 Å². The number of rotatable bonds is 6. The number of nitrogens with zero attached hydrogens (tertiary/aromatic N) is 2. The van der Waals surface area contributed by atoms with Gasteiger partial charge < -0.3 is 9.80 Å². The molecule has 0 N–H and O–H groups in total. The van der Waals surface area contributed by atoms with Crippen LogP contribution >= 0.6 is 11.6 Å². The molecule has 2 nitrogen and oxygen atoms in total. The first kappa shape index (κ1) is 33.2. The van der Waals surface area contributed by atoms with Crippen LogP contribution < -0.4 is 9.80 Å². The van der Waals surface area contributed by atoms with Crippen LogP contribution in [0.15, 0.2) is 212 Å². The van der Waals surface area contributed by atoms with Crippen molar-refractivity contribution >= 4 is 110 Å². The molecule has 0 atom stereocenters. The summed E-state index contributed by atoms with van der Waals surface area (Å²) in [6, 6.07) is 76.0. The van der Waals surface area contributed by atoms with Crippen LogP contribution in [-0.2, 0) is 0 Å². The molecular weight excluding hydrogens is 712 g/mol. The summed E-state index contributed by atoms with van der Waals surface area (Å²) in [5, 5.41) is 15.4. The summed E-state index contributed by atoms with van der Waals surface area (Å²) >= 11 is 7.87. The normalized spacial score (nSPS) is 11.6. The maximum absolute atomic E-state index is 7.87. The average Bonchev–Trinajstić information content (AvgIpc) is 3.28. The van der Waals surface area contributed by atoms with Crippen LogP contribution in [-0.4, -0.2) is 0 Å². The quantitative estimate of drug-likeness (QED) is 0.156. The molecule has 0 bridgehead atoms. The number of halogens is 1. The third kappa shape index (κ3) is 5.33. The molecule has 11 aromatic carbocycles. The molecule has 0 spiro atoms. The van der Waals surface area contributed by atoms with Gasteiger partial charge in [0.1, 0.15) is 0 Å². The summed E-state index contributed by atoms with van der Waals surface area (Å²) in [6.07, 6.45) is 0. The lowest BCUT2D eigenvalue weighted by atomic mass is 9.93. The molecule has 0 amide bonds. The summed E-state index contributed by atoms with van der Waals surface area (Å²) in [5.74, 6) is 0. The van der Waals surface area contributed by atoms with Crippen molar-refractivity contribution in [1.82, 2.24) is 0 Å². The molecule has 0 aliphatic carbocycles. The van der Waals surface area contributed by atoms with Gasteiger partial charge in [0.25, 0.3) is 0 Å².